The zero-order valence-electron chi connectivity index (χ0n) is 18.0. The van der Waals surface area contributed by atoms with Crippen LogP contribution in [0.1, 0.15) is 76.6 Å². The summed E-state index contributed by atoms with van der Waals surface area (Å²) in [5.74, 6) is 3.40. The second-order valence-electron chi connectivity index (χ2n) is 10.5. The number of rotatable bonds is 3. The summed E-state index contributed by atoms with van der Waals surface area (Å²) in [6.07, 6.45) is 17.2. The van der Waals surface area contributed by atoms with Gasteiger partial charge < -0.3 is 4.57 Å². The van der Waals surface area contributed by atoms with Crippen molar-refractivity contribution in [3.05, 3.63) is 36.9 Å². The van der Waals surface area contributed by atoms with Crippen molar-refractivity contribution in [1.29, 1.82) is 0 Å². The fourth-order valence-corrected chi connectivity index (χ4v) is 7.89. The van der Waals surface area contributed by atoms with Crippen molar-refractivity contribution in [2.24, 2.45) is 34.5 Å². The van der Waals surface area contributed by atoms with Crippen molar-refractivity contribution in [2.45, 2.75) is 65.2 Å². The third-order valence-electron chi connectivity index (χ3n) is 9.50. The molecule has 3 saturated carbocycles. The minimum absolute atomic E-state index is 0.200. The van der Waals surface area contributed by atoms with E-state index in [4.69, 9.17) is 0 Å². The average Bonchev–Trinajstić information content (AvgIpc) is 3.27. The molecule has 3 fully saturated rings. The van der Waals surface area contributed by atoms with Gasteiger partial charge in [-0.25, -0.2) is 4.98 Å². The highest BCUT2D eigenvalue weighted by atomic mass is 16.1. The first-order valence-electron chi connectivity index (χ1n) is 11.5. The summed E-state index contributed by atoms with van der Waals surface area (Å²) in [6, 6.07) is 0. The Kier molecular flexibility index (Phi) is 4.31. The number of hydrogen-bond donors (Lipinski definition) is 0. The van der Waals surface area contributed by atoms with Gasteiger partial charge in [-0.3, -0.25) is 4.79 Å². The van der Waals surface area contributed by atoms with Crippen LogP contribution in [0.3, 0.4) is 0 Å². The van der Waals surface area contributed by atoms with Crippen LogP contribution in [0.4, 0.5) is 0 Å². The Bertz CT molecular complexity index is 908. The maximum absolute atomic E-state index is 12.1. The van der Waals surface area contributed by atoms with E-state index in [1.54, 1.807) is 0 Å². The van der Waals surface area contributed by atoms with Gasteiger partial charge in [0.05, 0.1) is 11.4 Å². The molecule has 0 radical (unpaired) electrons. The normalized spacial score (nSPS) is 41.2. The Morgan fingerprint density at radius 1 is 1.14 bits per heavy atom. The molecule has 3 nitrogen and oxygen atoms in total. The van der Waals surface area contributed by atoms with E-state index in [2.05, 4.69) is 42.6 Å². The fraction of sp³-hybridized carbons (Fsp3) is 0.615. The number of imidazole rings is 1. The lowest BCUT2D eigenvalue weighted by Gasteiger charge is -2.60. The quantitative estimate of drug-likeness (QED) is 0.613. The molecule has 29 heavy (non-hydrogen) atoms. The predicted octanol–water partition coefficient (Wildman–Crippen LogP) is 6.23. The minimum Gasteiger partial charge on any atom is -0.302 e. The van der Waals surface area contributed by atoms with Crippen LogP contribution < -0.4 is 0 Å². The highest BCUT2D eigenvalue weighted by Crippen LogP contribution is 2.66. The number of allylic oxidation sites excluding steroid dienone is 2. The first-order chi connectivity index (χ1) is 13.9. The third-order valence-corrected chi connectivity index (χ3v) is 9.50. The maximum atomic E-state index is 12.1. The molecule has 6 atom stereocenters. The van der Waals surface area contributed by atoms with Gasteiger partial charge in [-0.05, 0) is 79.8 Å². The number of carbonyl (C=O) groups excluding carboxylic acids is 1. The molecule has 1 aromatic rings. The van der Waals surface area contributed by atoms with Crippen molar-refractivity contribution in [1.82, 2.24) is 9.55 Å². The summed E-state index contributed by atoms with van der Waals surface area (Å²) in [7, 11) is 0. The lowest BCUT2D eigenvalue weighted by atomic mass is 9.45. The van der Waals surface area contributed by atoms with E-state index in [1.165, 1.54) is 37.8 Å². The fourth-order valence-electron chi connectivity index (χ4n) is 7.89. The maximum Gasteiger partial charge on any atom is 0.133 e. The SMILES string of the molecule is C=Cc1ncn(C2=CCC3C4CCC5CC(=O)CC[C@]5(C)C4CC[C@]23C)c1C=C. The molecule has 4 aliphatic rings. The summed E-state index contributed by atoms with van der Waals surface area (Å²) in [5, 5.41) is 0. The van der Waals surface area contributed by atoms with E-state index in [-0.39, 0.29) is 5.41 Å². The van der Waals surface area contributed by atoms with Gasteiger partial charge >= 0.3 is 0 Å². The number of carbonyl (C=O) groups is 1. The van der Waals surface area contributed by atoms with E-state index >= 15 is 0 Å². The number of nitrogens with zero attached hydrogens (tertiary/aromatic N) is 2. The van der Waals surface area contributed by atoms with Gasteiger partial charge in [0.15, 0.2) is 0 Å². The van der Waals surface area contributed by atoms with Crippen molar-refractivity contribution < 1.29 is 4.79 Å². The molecular weight excluding hydrogens is 356 g/mol. The largest absolute Gasteiger partial charge is 0.302 e. The lowest BCUT2D eigenvalue weighted by Crippen LogP contribution is -2.53. The Balaban J connectivity index is 1.47. The van der Waals surface area contributed by atoms with E-state index in [1.807, 2.05) is 18.5 Å². The number of hydrogen-bond acceptors (Lipinski definition) is 2. The third kappa shape index (κ3) is 2.55. The van der Waals surface area contributed by atoms with Gasteiger partial charge in [0.25, 0.3) is 0 Å². The zero-order chi connectivity index (χ0) is 20.4. The summed E-state index contributed by atoms with van der Waals surface area (Å²) in [6.45, 7) is 13.0. The van der Waals surface area contributed by atoms with Crippen LogP contribution in [0.5, 0.6) is 0 Å². The van der Waals surface area contributed by atoms with Crippen LogP contribution >= 0.6 is 0 Å². The van der Waals surface area contributed by atoms with Crippen LogP contribution in [0, 0.1) is 34.5 Å². The molecule has 0 aromatic carbocycles. The number of fused-ring (bicyclic) bond motifs is 5. The van der Waals surface area contributed by atoms with Gasteiger partial charge in [-0.1, -0.05) is 33.1 Å². The second-order valence-corrected chi connectivity index (χ2v) is 10.5. The molecule has 0 bridgehead atoms. The molecule has 1 aromatic heterocycles. The number of ketones is 1. The summed E-state index contributed by atoms with van der Waals surface area (Å²) in [5.41, 5.74) is 3.98. The molecule has 4 aliphatic carbocycles. The Morgan fingerprint density at radius 3 is 2.72 bits per heavy atom. The Labute approximate surface area is 175 Å². The number of aromatic nitrogens is 2. The van der Waals surface area contributed by atoms with Gasteiger partial charge in [-0.2, -0.15) is 0 Å². The molecule has 0 spiro atoms. The summed E-state index contributed by atoms with van der Waals surface area (Å²) < 4.78 is 2.27. The minimum atomic E-state index is 0.200. The van der Waals surface area contributed by atoms with Crippen LogP contribution in [0.25, 0.3) is 17.8 Å². The molecule has 0 aliphatic heterocycles. The smallest absolute Gasteiger partial charge is 0.133 e. The molecule has 0 N–H and O–H groups in total. The lowest BCUT2D eigenvalue weighted by molar-refractivity contribution is -0.136. The van der Waals surface area contributed by atoms with E-state index in [0.717, 1.165) is 42.5 Å². The first-order valence-corrected chi connectivity index (χ1v) is 11.5. The van der Waals surface area contributed by atoms with Crippen molar-refractivity contribution in [3.8, 4) is 0 Å². The van der Waals surface area contributed by atoms with E-state index in [9.17, 15) is 4.79 Å². The average molecular weight is 391 g/mol. The molecule has 5 rings (SSSR count). The highest BCUT2D eigenvalue weighted by Gasteiger charge is 2.58. The van der Waals surface area contributed by atoms with Crippen LogP contribution in [0.2, 0.25) is 0 Å². The van der Waals surface area contributed by atoms with Gasteiger partial charge in [0, 0.05) is 24.0 Å². The molecule has 1 heterocycles. The monoisotopic (exact) mass is 390 g/mol. The van der Waals surface area contributed by atoms with Crippen LogP contribution in [-0.2, 0) is 4.79 Å². The standard InChI is InChI=1S/C26H34N2O/c1-5-22-23(6-2)28(16-27-22)24-10-9-20-19-8-7-17-15-18(29)11-13-25(17,3)21(19)12-14-26(20,24)4/h5-6,10,16-17,19-21H,1-2,7-9,11-15H2,3-4H3/t17?,19?,20?,21?,25-,26-/m0/s1. The molecule has 4 unspecified atom stereocenters. The second kappa shape index (κ2) is 6.55. The Hall–Kier alpha value is -1.90. The molecular formula is C26H34N2O. The van der Waals surface area contributed by atoms with Crippen molar-refractivity contribution in [2.75, 3.05) is 0 Å². The van der Waals surface area contributed by atoms with Crippen LogP contribution in [-0.4, -0.2) is 15.3 Å². The molecule has 0 saturated heterocycles. The first kappa shape index (κ1) is 19.1. The summed E-state index contributed by atoms with van der Waals surface area (Å²) >= 11 is 0. The van der Waals surface area contributed by atoms with E-state index < -0.39 is 0 Å². The van der Waals surface area contributed by atoms with E-state index in [0.29, 0.717) is 23.0 Å². The number of Topliss-reactive ketones (excluding diaryl/α,β-unsaturated/α-hetero) is 1. The van der Waals surface area contributed by atoms with Crippen molar-refractivity contribution in [3.63, 3.8) is 0 Å². The predicted molar refractivity (Wildman–Crippen MR) is 119 cm³/mol. The molecule has 154 valence electrons. The van der Waals surface area contributed by atoms with Gasteiger partial charge in [0.1, 0.15) is 12.1 Å². The topological polar surface area (TPSA) is 34.9 Å². The molecule has 3 heteroatoms. The zero-order valence-corrected chi connectivity index (χ0v) is 18.0. The Morgan fingerprint density at radius 2 is 1.97 bits per heavy atom. The van der Waals surface area contributed by atoms with Gasteiger partial charge in [-0.15, -0.1) is 0 Å². The molecule has 0 amide bonds. The summed E-state index contributed by atoms with van der Waals surface area (Å²) in [4.78, 5) is 16.7. The van der Waals surface area contributed by atoms with Crippen molar-refractivity contribution >= 4 is 23.6 Å². The highest BCUT2D eigenvalue weighted by molar-refractivity contribution is 5.79. The van der Waals surface area contributed by atoms with Crippen LogP contribution in [0.15, 0.2) is 25.6 Å². The van der Waals surface area contributed by atoms with Gasteiger partial charge in [0.2, 0.25) is 0 Å².